The van der Waals surface area contributed by atoms with E-state index in [0.717, 1.165) is 80.9 Å². The average Bonchev–Trinajstić information content (AvgIpc) is 3.36. The summed E-state index contributed by atoms with van der Waals surface area (Å²) in [5, 5.41) is 9.48. The standard InChI is InChI=1S/C26H35N3O3.C26H35N3O2.C5H10.5HI.2V/c1-18(2)28(19(3)4)25(30)20-9-11-22(12-10-20)29(23-13-15-27(5)16-14-23)24-8-6-7-21(17-24)26(31)32;1-19(2)28(20(3)4)26(31)22-9-11-23(12-10-22)29(24-13-15-27(5)16-14-24)25-8-6-7-21(17-25)18-30;1-4-5(2)3;;;;;;;/h6-12,17-19,23H,13-16H2,1-5H3,(H,31,32);6-12,17-20,24H,13-16H2,1-5H3;4H,1-3H3;5*1H;;/q;;;;;;;;+2;+3/p-5. The molecule has 4 aromatic rings. The molecule has 2 amide bonds. The number of aldehydes is 1. The maximum atomic E-state index is 13.1. The van der Waals surface area contributed by atoms with E-state index in [0.29, 0.717) is 32.2 Å². The molecule has 1 N–H and O–H groups in total. The second-order valence-corrected chi connectivity index (χ2v) is 67.1. The molecule has 0 aliphatic carbocycles. The second-order valence-electron chi connectivity index (χ2n) is 19.9. The van der Waals surface area contributed by atoms with Gasteiger partial charge in [-0.05, 0) is 221 Å². The molecule has 2 aliphatic heterocycles. The Morgan fingerprint density at radius 3 is 1.20 bits per heavy atom. The molecule has 2 aliphatic rings. The fraction of sp³-hybridized carbons (Fsp3) is 0.474. The number of halogens is 5. The molecule has 75 heavy (non-hydrogen) atoms. The van der Waals surface area contributed by atoms with Crippen LogP contribution in [0.3, 0.4) is 0 Å². The summed E-state index contributed by atoms with van der Waals surface area (Å²) in [5.74, 6) is -0.843. The fourth-order valence-corrected chi connectivity index (χ4v) is 9.14. The molecule has 0 bridgehead atoms. The number of rotatable bonds is 14. The number of allylic oxidation sites excluding steroid dienone is 2. The van der Waals surface area contributed by atoms with Crippen LogP contribution in [0.15, 0.2) is 109 Å². The number of aromatic carboxylic acids is 1. The van der Waals surface area contributed by atoms with E-state index in [1.807, 2.05) is 145 Å². The van der Waals surface area contributed by atoms with Crippen LogP contribution in [-0.2, 0) is 14.4 Å². The van der Waals surface area contributed by atoms with E-state index in [2.05, 4.69) is 160 Å². The Morgan fingerprint density at radius 2 is 0.907 bits per heavy atom. The first-order valence-electron chi connectivity index (χ1n) is 25.4. The molecular formula is C57H80I5N6O5V2. The van der Waals surface area contributed by atoms with Crippen molar-refractivity contribution in [1.29, 1.82) is 0 Å². The van der Waals surface area contributed by atoms with Crippen LogP contribution in [0.2, 0.25) is 0 Å². The van der Waals surface area contributed by atoms with Crippen LogP contribution >= 0.6 is 99.9 Å². The molecule has 11 nitrogen and oxygen atoms in total. The van der Waals surface area contributed by atoms with Crippen LogP contribution in [0.1, 0.15) is 143 Å². The van der Waals surface area contributed by atoms with E-state index >= 15 is 0 Å². The number of anilines is 4. The number of hydrogen-bond donors (Lipinski definition) is 1. The van der Waals surface area contributed by atoms with Gasteiger partial charge in [-0.1, -0.05) is 29.8 Å². The van der Waals surface area contributed by atoms with Gasteiger partial charge in [0.2, 0.25) is 0 Å². The number of carbonyl (C=O) groups excluding carboxylic acids is 3. The number of hydrogen-bond acceptors (Lipinski definition) is 8. The number of carboxylic acid groups (broad SMARTS) is 1. The summed E-state index contributed by atoms with van der Waals surface area (Å²) in [7, 11) is 4.91. The molecule has 4 aromatic carbocycles. The van der Waals surface area contributed by atoms with Crippen molar-refractivity contribution >= 4 is 147 Å². The first-order valence-corrected chi connectivity index (χ1v) is 47.9. The Morgan fingerprint density at radius 1 is 0.587 bits per heavy atom. The third-order valence-electron chi connectivity index (χ3n) is 12.8. The van der Waals surface area contributed by atoms with Gasteiger partial charge in [0.15, 0.2) is 0 Å². The van der Waals surface area contributed by atoms with Gasteiger partial charge in [0.25, 0.3) is 11.8 Å². The molecule has 0 unspecified atom stereocenters. The van der Waals surface area contributed by atoms with Crippen molar-refractivity contribution in [3.8, 4) is 0 Å². The van der Waals surface area contributed by atoms with Crippen LogP contribution in [-0.4, -0.2) is 125 Å². The first kappa shape index (κ1) is 70.1. The minimum atomic E-state index is -0.932. The first-order chi connectivity index (χ1) is 35.4. The monoisotopic (exact) mass is 1670 g/mol. The summed E-state index contributed by atoms with van der Waals surface area (Å²) in [5.41, 5.74) is 7.60. The van der Waals surface area contributed by atoms with Gasteiger partial charge in [0.05, 0.1) is 5.56 Å². The average molecular weight is 1670 g/mol. The quantitative estimate of drug-likeness (QED) is 0.0750. The number of nitrogens with zero attached hydrogens (tertiary/aromatic N) is 6. The van der Waals surface area contributed by atoms with Crippen LogP contribution in [0.5, 0.6) is 0 Å². The van der Waals surface area contributed by atoms with E-state index in [4.69, 9.17) is 0 Å². The molecule has 2 heterocycles. The second kappa shape index (κ2) is 37.1. The Bertz CT molecular complexity index is 2340. The van der Waals surface area contributed by atoms with E-state index in [1.54, 1.807) is 18.2 Å². The predicted molar refractivity (Wildman–Crippen MR) is 352 cm³/mol. The minimum absolute atomic E-state index is 0.0280. The van der Waals surface area contributed by atoms with Crippen LogP contribution in [0.4, 0.5) is 22.7 Å². The molecule has 0 spiro atoms. The zero-order valence-corrected chi connectivity index (χ0v) is 59.6. The summed E-state index contributed by atoms with van der Waals surface area (Å²) in [6.45, 7) is 26.6. The summed E-state index contributed by atoms with van der Waals surface area (Å²) >= 11 is 12.1. The van der Waals surface area contributed by atoms with Crippen LogP contribution in [0.25, 0.3) is 0 Å². The Hall–Kier alpha value is -0.961. The number of piperidine rings is 2. The van der Waals surface area contributed by atoms with Gasteiger partial charge in [-0.25, -0.2) is 4.79 Å². The van der Waals surface area contributed by atoms with Gasteiger partial charge < -0.3 is 34.5 Å². The predicted octanol–water partition coefficient (Wildman–Crippen LogP) is 16.3. The van der Waals surface area contributed by atoms with Crippen LogP contribution < -0.4 is 9.80 Å². The van der Waals surface area contributed by atoms with E-state index < -0.39 is 5.97 Å². The SMILES string of the molecule is CC(C)N(C(=O)c1ccc(N(c2cccc(C(=O)O)c2)C2CCN(C)CC2)cc1)C(C)C.CC(C)N(C(=O)c1ccc(N(c2cccc(C=O)c2)C2CCN(C)CC2)cc1)C(C)C.CC=C(C)C.[I][V]([I])[I].[I][V][I]. The summed E-state index contributed by atoms with van der Waals surface area (Å²) in [4.78, 5) is 61.8. The van der Waals surface area contributed by atoms with E-state index in [9.17, 15) is 24.3 Å². The number of amides is 2. The normalized spacial score (nSPS) is 14.0. The molecule has 2 fully saturated rings. The zero-order chi connectivity index (χ0) is 56.5. The third-order valence-corrected chi connectivity index (χ3v) is 12.8. The molecule has 6 rings (SSSR count). The molecular weight excluding hydrogens is 1590 g/mol. The van der Waals surface area contributed by atoms with Crippen molar-refractivity contribution in [3.05, 3.63) is 131 Å². The number of carbonyl (C=O) groups is 4. The van der Waals surface area contributed by atoms with E-state index in [-0.39, 0.29) is 52.5 Å². The topological polar surface area (TPSA) is 108 Å². The molecule has 2 saturated heterocycles. The van der Waals surface area contributed by atoms with Crippen molar-refractivity contribution in [2.24, 2.45) is 0 Å². The fourth-order valence-electron chi connectivity index (χ4n) is 9.14. The van der Waals surface area contributed by atoms with Gasteiger partial charge in [-0.15, -0.1) is 0 Å². The van der Waals surface area contributed by atoms with Gasteiger partial charge in [0.1, 0.15) is 6.29 Å². The van der Waals surface area contributed by atoms with Gasteiger partial charge >= 0.3 is 120 Å². The Balaban J connectivity index is 0.000000423. The molecule has 413 valence electrons. The van der Waals surface area contributed by atoms with Gasteiger partial charge in [-0.3, -0.25) is 14.4 Å². The summed E-state index contributed by atoms with van der Waals surface area (Å²) < 4.78 is 0. The number of likely N-dealkylation sites (tertiary alicyclic amines) is 2. The van der Waals surface area contributed by atoms with Crippen molar-refractivity contribution in [2.45, 2.75) is 138 Å². The van der Waals surface area contributed by atoms with Crippen molar-refractivity contribution < 1.29 is 38.7 Å². The molecule has 0 radical (unpaired) electrons. The Kier molecular flexibility index (Phi) is 34.7. The summed E-state index contributed by atoms with van der Waals surface area (Å²) in [6.07, 6.45) is 7.06. The van der Waals surface area contributed by atoms with Crippen molar-refractivity contribution in [3.63, 3.8) is 0 Å². The maximum absolute atomic E-state index is 13.1. The molecule has 18 heteroatoms. The van der Waals surface area contributed by atoms with Crippen molar-refractivity contribution in [2.75, 3.05) is 50.1 Å². The van der Waals surface area contributed by atoms with Gasteiger partial charge in [0, 0.05) is 75.7 Å². The van der Waals surface area contributed by atoms with Crippen molar-refractivity contribution in [1.82, 2.24) is 19.6 Å². The molecule has 0 aromatic heterocycles. The third kappa shape index (κ3) is 24.3. The molecule has 0 saturated carbocycles. The van der Waals surface area contributed by atoms with Gasteiger partial charge in [-0.2, -0.15) is 0 Å². The zero-order valence-electron chi connectivity index (χ0n) is 46.1. The summed E-state index contributed by atoms with van der Waals surface area (Å²) in [6, 6.07) is 31.7. The number of carboxylic acids is 1. The number of benzene rings is 4. The van der Waals surface area contributed by atoms with E-state index in [1.165, 1.54) is 5.57 Å². The van der Waals surface area contributed by atoms with Crippen LogP contribution in [0, 0.1) is 0 Å². The molecule has 0 atom stereocenters. The Labute approximate surface area is 517 Å².